The molecule has 0 radical (unpaired) electrons. The summed E-state index contributed by atoms with van der Waals surface area (Å²) in [6, 6.07) is 55.3. The van der Waals surface area contributed by atoms with Crippen LogP contribution in [0.25, 0.3) is 0 Å². The zero-order chi connectivity index (χ0) is 26.7. The van der Waals surface area contributed by atoms with Crippen LogP contribution in [0.1, 0.15) is 26.2 Å². The molecule has 0 saturated heterocycles. The van der Waals surface area contributed by atoms with Gasteiger partial charge in [0.15, 0.2) is 0 Å². The monoisotopic (exact) mass is 543 g/mol. The molecule has 0 aliphatic heterocycles. The molecule has 0 aliphatic rings. The molecule has 1 nitrogen and oxygen atoms in total. The van der Waals surface area contributed by atoms with Crippen LogP contribution in [0.2, 0.25) is 0 Å². The van der Waals surface area contributed by atoms with Gasteiger partial charge in [-0.2, -0.15) is 0 Å². The molecule has 0 atom stereocenters. The molecule has 0 heterocycles. The van der Waals surface area contributed by atoms with Gasteiger partial charge in [-0.15, -0.1) is 0 Å². The van der Waals surface area contributed by atoms with E-state index in [4.69, 9.17) is 0 Å². The van der Waals surface area contributed by atoms with Gasteiger partial charge < -0.3 is 5.32 Å². The Morgan fingerprint density at radius 2 is 0.821 bits per heavy atom. The highest BCUT2D eigenvalue weighted by Gasteiger charge is 2.31. The predicted octanol–water partition coefficient (Wildman–Crippen LogP) is 8.72. The summed E-state index contributed by atoms with van der Waals surface area (Å²) in [7, 11) is -1.61. The van der Waals surface area contributed by atoms with E-state index in [0.717, 1.165) is 24.9 Å². The molecule has 3 heteroatoms. The Balaban J connectivity index is 1.84. The first-order chi connectivity index (χ1) is 19.3. The number of hydrogen-bond acceptors (Lipinski definition) is 1. The maximum Gasteiger partial charge on any atom is 0.0381 e. The van der Waals surface area contributed by atoms with Gasteiger partial charge in [0, 0.05) is 16.4 Å². The number of nitrogens with one attached hydrogen (secondary N) is 1. The lowest BCUT2D eigenvalue weighted by Crippen LogP contribution is -2.21. The van der Waals surface area contributed by atoms with Gasteiger partial charge >= 0.3 is 0 Å². The standard InChI is InChI=1S/C36H35NP2/c1-2-3-29-35(37-30-19-9-4-10-20-30)36(38(31-21-11-5-12-22-31)32-23-13-6-14-24-32)39(33-25-15-7-16-26-33)34-27-17-8-18-28-34/h4-28,37H,2-3,29H2,1H3. The number of allylic oxidation sites excluding steroid dienone is 1. The molecule has 0 bridgehead atoms. The van der Waals surface area contributed by atoms with Crippen molar-refractivity contribution in [2.24, 2.45) is 0 Å². The third-order valence-corrected chi connectivity index (χ3v) is 12.4. The second kappa shape index (κ2) is 14.0. The fraction of sp³-hybridized carbons (Fsp3) is 0.111. The molecule has 5 rings (SSSR count). The average Bonchev–Trinajstić information content (AvgIpc) is 3.01. The van der Waals surface area contributed by atoms with E-state index in [1.165, 1.54) is 32.0 Å². The zero-order valence-electron chi connectivity index (χ0n) is 22.4. The van der Waals surface area contributed by atoms with Gasteiger partial charge in [-0.05, 0) is 62.0 Å². The van der Waals surface area contributed by atoms with E-state index in [1.807, 2.05) is 0 Å². The van der Waals surface area contributed by atoms with Crippen LogP contribution < -0.4 is 26.5 Å². The molecular weight excluding hydrogens is 508 g/mol. The lowest BCUT2D eigenvalue weighted by atomic mass is 10.2. The van der Waals surface area contributed by atoms with Crippen molar-refractivity contribution < 1.29 is 0 Å². The zero-order valence-corrected chi connectivity index (χ0v) is 24.2. The van der Waals surface area contributed by atoms with Crippen LogP contribution in [0, 0.1) is 0 Å². The van der Waals surface area contributed by atoms with Crippen molar-refractivity contribution in [3.63, 3.8) is 0 Å². The minimum atomic E-state index is -0.807. The SMILES string of the molecule is CCCCC(Nc1ccccc1)=C(P(c1ccccc1)c1ccccc1)P(c1ccccc1)c1ccccc1. The minimum absolute atomic E-state index is 0.807. The highest BCUT2D eigenvalue weighted by Crippen LogP contribution is 2.61. The lowest BCUT2D eigenvalue weighted by Gasteiger charge is -2.33. The Hall–Kier alpha value is -3.50. The van der Waals surface area contributed by atoms with Crippen LogP contribution >= 0.6 is 15.8 Å². The normalized spacial score (nSPS) is 10.9. The van der Waals surface area contributed by atoms with Crippen molar-refractivity contribution in [3.8, 4) is 0 Å². The second-order valence-corrected chi connectivity index (χ2v) is 14.1. The van der Waals surface area contributed by atoms with Crippen molar-refractivity contribution in [1.29, 1.82) is 0 Å². The fourth-order valence-corrected chi connectivity index (χ4v) is 11.3. The molecule has 1 N–H and O–H groups in total. The van der Waals surface area contributed by atoms with Gasteiger partial charge in [-0.25, -0.2) is 0 Å². The van der Waals surface area contributed by atoms with Crippen molar-refractivity contribution >= 4 is 42.7 Å². The van der Waals surface area contributed by atoms with Crippen molar-refractivity contribution in [3.05, 3.63) is 162 Å². The van der Waals surface area contributed by atoms with Gasteiger partial charge in [-0.1, -0.05) is 153 Å². The van der Waals surface area contributed by atoms with Crippen LogP contribution in [0.5, 0.6) is 0 Å². The molecule has 39 heavy (non-hydrogen) atoms. The Morgan fingerprint density at radius 1 is 0.487 bits per heavy atom. The van der Waals surface area contributed by atoms with E-state index in [9.17, 15) is 0 Å². The van der Waals surface area contributed by atoms with Crippen molar-refractivity contribution in [2.45, 2.75) is 26.2 Å². The van der Waals surface area contributed by atoms with Crippen LogP contribution in [0.15, 0.2) is 162 Å². The van der Waals surface area contributed by atoms with Crippen molar-refractivity contribution in [1.82, 2.24) is 0 Å². The van der Waals surface area contributed by atoms with E-state index in [1.54, 1.807) is 0 Å². The average molecular weight is 544 g/mol. The van der Waals surface area contributed by atoms with Gasteiger partial charge in [0.2, 0.25) is 0 Å². The highest BCUT2D eigenvalue weighted by atomic mass is 31.2. The van der Waals surface area contributed by atoms with Crippen molar-refractivity contribution in [2.75, 3.05) is 5.32 Å². The largest absolute Gasteiger partial charge is 0.358 e. The smallest absolute Gasteiger partial charge is 0.0381 e. The van der Waals surface area contributed by atoms with E-state index in [0.29, 0.717) is 0 Å². The molecule has 0 fully saturated rings. The summed E-state index contributed by atoms with van der Waals surface area (Å²) in [6.07, 6.45) is 3.30. The summed E-state index contributed by atoms with van der Waals surface area (Å²) in [5.74, 6) is 0. The minimum Gasteiger partial charge on any atom is -0.358 e. The maximum absolute atomic E-state index is 3.97. The van der Waals surface area contributed by atoms with E-state index in [-0.39, 0.29) is 0 Å². The summed E-state index contributed by atoms with van der Waals surface area (Å²) in [5.41, 5.74) is 2.51. The van der Waals surface area contributed by atoms with E-state index in [2.05, 4.69) is 164 Å². The maximum atomic E-state index is 3.97. The lowest BCUT2D eigenvalue weighted by molar-refractivity contribution is 0.790. The van der Waals surface area contributed by atoms with Gasteiger partial charge in [0.05, 0.1) is 0 Å². The summed E-state index contributed by atoms with van der Waals surface area (Å²) in [4.78, 5) is 0. The number of anilines is 1. The topological polar surface area (TPSA) is 12.0 Å². The Bertz CT molecular complexity index is 1270. The first-order valence-electron chi connectivity index (χ1n) is 13.7. The van der Waals surface area contributed by atoms with Crippen LogP contribution in [-0.2, 0) is 0 Å². The molecule has 0 aromatic heterocycles. The summed E-state index contributed by atoms with van der Waals surface area (Å²) < 4.78 is 0. The molecule has 5 aromatic rings. The number of para-hydroxylation sites is 1. The molecule has 0 unspecified atom stereocenters. The Labute approximate surface area is 236 Å². The Morgan fingerprint density at radius 3 is 1.15 bits per heavy atom. The number of unbranched alkanes of at least 4 members (excludes halogenated alkanes) is 1. The third-order valence-electron chi connectivity index (χ3n) is 6.60. The van der Waals surface area contributed by atoms with Crippen LogP contribution in [-0.4, -0.2) is 0 Å². The number of rotatable bonds is 11. The predicted molar refractivity (Wildman–Crippen MR) is 175 cm³/mol. The molecule has 0 amide bonds. The van der Waals surface area contributed by atoms with Gasteiger partial charge in [-0.3, -0.25) is 0 Å². The first kappa shape index (κ1) is 27.1. The third kappa shape index (κ3) is 6.93. The van der Waals surface area contributed by atoms with Gasteiger partial charge in [0.25, 0.3) is 0 Å². The molecule has 0 spiro atoms. The molecule has 0 saturated carbocycles. The number of hydrogen-bond donors (Lipinski definition) is 1. The first-order valence-corrected chi connectivity index (χ1v) is 16.4. The van der Waals surface area contributed by atoms with Gasteiger partial charge in [0.1, 0.15) is 0 Å². The van der Waals surface area contributed by atoms with Crippen LogP contribution in [0.4, 0.5) is 5.69 Å². The molecular formula is C36H35NP2. The quantitative estimate of drug-likeness (QED) is 0.164. The fourth-order valence-electron chi connectivity index (χ4n) is 4.74. The van der Waals surface area contributed by atoms with Crippen LogP contribution in [0.3, 0.4) is 0 Å². The highest BCUT2D eigenvalue weighted by molar-refractivity contribution is 7.94. The summed E-state index contributed by atoms with van der Waals surface area (Å²) in [6.45, 7) is 2.29. The number of benzene rings is 5. The summed E-state index contributed by atoms with van der Waals surface area (Å²) >= 11 is 0. The molecule has 5 aromatic carbocycles. The van der Waals surface area contributed by atoms with E-state index < -0.39 is 15.8 Å². The molecule has 194 valence electrons. The summed E-state index contributed by atoms with van der Waals surface area (Å²) in [5, 5.41) is 11.0. The molecule has 0 aliphatic carbocycles. The van der Waals surface area contributed by atoms with E-state index >= 15 is 0 Å². The Kier molecular flexibility index (Phi) is 9.75. The second-order valence-electron chi connectivity index (χ2n) is 9.41.